The molecule has 2 nitrogen and oxygen atoms in total. The summed E-state index contributed by atoms with van der Waals surface area (Å²) in [6.07, 6.45) is 2.04. The molecular weight excluding hydrogens is 298 g/mol. The van der Waals surface area contributed by atoms with Gasteiger partial charge in [0.1, 0.15) is 0 Å². The fourth-order valence-electron chi connectivity index (χ4n) is 2.36. The van der Waals surface area contributed by atoms with E-state index < -0.39 is 10.8 Å². The third-order valence-corrected chi connectivity index (χ3v) is 5.64. The molecule has 0 aromatic heterocycles. The van der Waals surface area contributed by atoms with E-state index in [0.717, 1.165) is 28.8 Å². The number of fused-ring (bicyclic) bond motifs is 1. The number of benzene rings is 1. The van der Waals surface area contributed by atoms with E-state index in [1.54, 1.807) is 0 Å². The smallest absolute Gasteiger partial charge is 0.0587 e. The molecule has 2 rings (SSSR count). The fraction of sp³-hybridized carbons (Fsp3) is 0.538. The average Bonchev–Trinajstić information content (AvgIpc) is 2.58. The molecule has 3 atom stereocenters. The highest BCUT2D eigenvalue weighted by Crippen LogP contribution is 2.39. The zero-order valence-electron chi connectivity index (χ0n) is 10.2. The minimum atomic E-state index is -0.861. The van der Waals surface area contributed by atoms with Crippen molar-refractivity contribution in [3.63, 3.8) is 0 Å². The Labute approximate surface area is 114 Å². The summed E-state index contributed by atoms with van der Waals surface area (Å²) < 4.78 is 13.4. The molecule has 17 heavy (non-hydrogen) atoms. The zero-order chi connectivity index (χ0) is 12.4. The minimum absolute atomic E-state index is 0.214. The molecule has 94 valence electrons. The van der Waals surface area contributed by atoms with Crippen molar-refractivity contribution < 1.29 is 4.21 Å². The molecule has 4 heteroatoms. The molecule has 0 amide bonds. The first kappa shape index (κ1) is 13.2. The summed E-state index contributed by atoms with van der Waals surface area (Å²) in [4.78, 5) is 1.01. The number of rotatable bonds is 4. The van der Waals surface area contributed by atoms with Gasteiger partial charge in [0, 0.05) is 15.4 Å². The Kier molecular flexibility index (Phi) is 4.39. The Hall–Kier alpha value is -0.190. The highest BCUT2D eigenvalue weighted by atomic mass is 79.9. The second-order valence-electron chi connectivity index (χ2n) is 4.36. The van der Waals surface area contributed by atoms with Crippen LogP contribution in [0.2, 0.25) is 0 Å². The van der Waals surface area contributed by atoms with Gasteiger partial charge in [-0.15, -0.1) is 0 Å². The number of halogens is 1. The van der Waals surface area contributed by atoms with E-state index in [2.05, 4.69) is 41.2 Å². The average molecular weight is 316 g/mol. The van der Waals surface area contributed by atoms with Crippen molar-refractivity contribution in [1.82, 2.24) is 5.32 Å². The molecule has 0 saturated carbocycles. The maximum Gasteiger partial charge on any atom is 0.0587 e. The number of hydrogen-bond acceptors (Lipinski definition) is 2. The van der Waals surface area contributed by atoms with Crippen LogP contribution in [-0.2, 0) is 10.8 Å². The molecule has 1 aliphatic heterocycles. The molecule has 0 saturated heterocycles. The van der Waals surface area contributed by atoms with Gasteiger partial charge in [-0.3, -0.25) is 4.21 Å². The molecule has 3 unspecified atom stereocenters. The summed E-state index contributed by atoms with van der Waals surface area (Å²) in [7, 11) is -0.861. The largest absolute Gasteiger partial charge is 0.309 e. The highest BCUT2D eigenvalue weighted by Gasteiger charge is 2.37. The maximum absolute atomic E-state index is 12.4. The minimum Gasteiger partial charge on any atom is -0.309 e. The van der Waals surface area contributed by atoms with E-state index in [1.807, 2.05) is 12.1 Å². The lowest BCUT2D eigenvalue weighted by Crippen LogP contribution is -2.30. The first-order valence-electron chi connectivity index (χ1n) is 6.12. The zero-order valence-corrected chi connectivity index (χ0v) is 12.6. The highest BCUT2D eigenvalue weighted by molar-refractivity contribution is 9.10. The van der Waals surface area contributed by atoms with Crippen LogP contribution in [0.15, 0.2) is 27.6 Å². The Balaban J connectivity index is 2.36. The van der Waals surface area contributed by atoms with E-state index in [0.29, 0.717) is 0 Å². The first-order valence-corrected chi connectivity index (χ1v) is 8.13. The van der Waals surface area contributed by atoms with Gasteiger partial charge in [0.2, 0.25) is 0 Å². The van der Waals surface area contributed by atoms with Crippen molar-refractivity contribution in [2.75, 3.05) is 6.54 Å². The van der Waals surface area contributed by atoms with Gasteiger partial charge in [0.15, 0.2) is 0 Å². The van der Waals surface area contributed by atoms with Crippen LogP contribution in [0.3, 0.4) is 0 Å². The molecule has 0 spiro atoms. The Morgan fingerprint density at radius 3 is 2.82 bits per heavy atom. The van der Waals surface area contributed by atoms with Gasteiger partial charge in [0.25, 0.3) is 0 Å². The topological polar surface area (TPSA) is 29.1 Å². The second kappa shape index (κ2) is 5.63. The van der Waals surface area contributed by atoms with Crippen molar-refractivity contribution in [2.24, 2.45) is 0 Å². The van der Waals surface area contributed by atoms with Gasteiger partial charge in [-0.2, -0.15) is 0 Å². The lowest BCUT2D eigenvalue weighted by molar-refractivity contribution is 0.504. The van der Waals surface area contributed by atoms with Gasteiger partial charge in [-0.1, -0.05) is 29.8 Å². The van der Waals surface area contributed by atoms with Crippen LogP contribution in [0.1, 0.15) is 38.3 Å². The lowest BCUT2D eigenvalue weighted by atomic mass is 10.0. The molecule has 0 radical (unpaired) electrons. The summed E-state index contributed by atoms with van der Waals surface area (Å²) in [5.74, 6) is 0. The standard InChI is InChI=1S/C13H18BrNOS/c1-3-7-15-13-10-8-9(14)5-6-12(10)17(16)11(13)4-2/h5-6,8,11,13,15H,3-4,7H2,1-2H3. The van der Waals surface area contributed by atoms with E-state index in [9.17, 15) is 4.21 Å². The van der Waals surface area contributed by atoms with Crippen molar-refractivity contribution in [2.45, 2.75) is 42.9 Å². The maximum atomic E-state index is 12.4. The number of nitrogens with one attached hydrogen (secondary N) is 1. The van der Waals surface area contributed by atoms with Crippen molar-refractivity contribution >= 4 is 26.7 Å². The van der Waals surface area contributed by atoms with Crippen molar-refractivity contribution in [3.05, 3.63) is 28.2 Å². The summed E-state index contributed by atoms with van der Waals surface area (Å²) in [5.41, 5.74) is 1.21. The monoisotopic (exact) mass is 315 g/mol. The van der Waals surface area contributed by atoms with Gasteiger partial charge >= 0.3 is 0 Å². The predicted molar refractivity (Wildman–Crippen MR) is 75.7 cm³/mol. The van der Waals surface area contributed by atoms with Crippen molar-refractivity contribution in [3.8, 4) is 0 Å². The van der Waals surface area contributed by atoms with Crippen molar-refractivity contribution in [1.29, 1.82) is 0 Å². The van der Waals surface area contributed by atoms with Gasteiger partial charge < -0.3 is 5.32 Å². The molecule has 0 bridgehead atoms. The number of hydrogen-bond donors (Lipinski definition) is 1. The second-order valence-corrected chi connectivity index (χ2v) is 6.91. The van der Waals surface area contributed by atoms with Crippen LogP contribution in [0.4, 0.5) is 0 Å². The summed E-state index contributed by atoms with van der Waals surface area (Å²) in [6, 6.07) is 6.32. The Bertz CT molecular complexity index is 435. The van der Waals surface area contributed by atoms with E-state index in [4.69, 9.17) is 0 Å². The third-order valence-electron chi connectivity index (χ3n) is 3.19. The molecule has 1 aromatic rings. The SMILES string of the molecule is CCCNC1c2cc(Br)ccc2S(=O)C1CC. The van der Waals surface area contributed by atoms with Gasteiger partial charge in [0.05, 0.1) is 16.0 Å². The van der Waals surface area contributed by atoms with Crippen LogP contribution in [0, 0.1) is 0 Å². The Morgan fingerprint density at radius 2 is 2.18 bits per heavy atom. The normalized spacial score (nSPS) is 27.1. The van der Waals surface area contributed by atoms with Crippen LogP contribution < -0.4 is 5.32 Å². The summed E-state index contributed by atoms with van der Waals surface area (Å²) in [5, 5.41) is 3.75. The fourth-order valence-corrected chi connectivity index (χ4v) is 4.48. The molecule has 1 aromatic carbocycles. The van der Waals surface area contributed by atoms with E-state index in [1.165, 1.54) is 5.56 Å². The molecule has 1 N–H and O–H groups in total. The van der Waals surface area contributed by atoms with Crippen LogP contribution in [0.5, 0.6) is 0 Å². The van der Waals surface area contributed by atoms with E-state index >= 15 is 0 Å². The third kappa shape index (κ3) is 2.49. The van der Waals surface area contributed by atoms with Crippen LogP contribution in [-0.4, -0.2) is 16.0 Å². The molecule has 0 fully saturated rings. The molecular formula is C13H18BrNOS. The quantitative estimate of drug-likeness (QED) is 0.922. The van der Waals surface area contributed by atoms with Crippen LogP contribution in [0.25, 0.3) is 0 Å². The lowest BCUT2D eigenvalue weighted by Gasteiger charge is -2.19. The van der Waals surface area contributed by atoms with E-state index in [-0.39, 0.29) is 11.3 Å². The first-order chi connectivity index (χ1) is 8.19. The molecule has 1 heterocycles. The van der Waals surface area contributed by atoms with Gasteiger partial charge in [-0.25, -0.2) is 0 Å². The van der Waals surface area contributed by atoms with Crippen LogP contribution >= 0.6 is 15.9 Å². The molecule has 0 aliphatic carbocycles. The summed E-state index contributed by atoms with van der Waals surface area (Å²) >= 11 is 3.50. The van der Waals surface area contributed by atoms with Gasteiger partial charge in [-0.05, 0) is 43.1 Å². The Morgan fingerprint density at radius 1 is 1.41 bits per heavy atom. The summed E-state index contributed by atoms with van der Waals surface area (Å²) in [6.45, 7) is 5.25. The molecule has 1 aliphatic rings. The predicted octanol–water partition coefficient (Wildman–Crippen LogP) is 3.39.